The summed E-state index contributed by atoms with van der Waals surface area (Å²) in [5.74, 6) is 0.218. The molecule has 0 unspecified atom stereocenters. The largest absolute Gasteiger partial charge is 0.454 e. The quantitative estimate of drug-likeness (QED) is 0.607. The van der Waals surface area contributed by atoms with Crippen LogP contribution < -0.4 is 19.7 Å². The van der Waals surface area contributed by atoms with E-state index in [0.29, 0.717) is 34.1 Å². The van der Waals surface area contributed by atoms with Crippen LogP contribution in [0.5, 0.6) is 11.5 Å². The fourth-order valence-corrected chi connectivity index (χ4v) is 5.56. The zero-order chi connectivity index (χ0) is 22.5. The Balaban J connectivity index is 1.51. The number of benzene rings is 3. The summed E-state index contributed by atoms with van der Waals surface area (Å²) >= 11 is 0. The topological polar surface area (TPSA) is 102 Å². The predicted molar refractivity (Wildman–Crippen MR) is 117 cm³/mol. The third kappa shape index (κ3) is 3.18. The Labute approximate surface area is 184 Å². The van der Waals surface area contributed by atoms with Gasteiger partial charge in [0.1, 0.15) is 6.54 Å². The Morgan fingerprint density at radius 1 is 0.938 bits per heavy atom. The Bertz CT molecular complexity index is 1330. The molecule has 9 heteroatoms. The van der Waals surface area contributed by atoms with Crippen LogP contribution in [0.3, 0.4) is 0 Å². The number of para-hydroxylation sites is 2. The van der Waals surface area contributed by atoms with E-state index in [1.165, 1.54) is 19.1 Å². The van der Waals surface area contributed by atoms with Crippen molar-refractivity contribution in [1.82, 2.24) is 0 Å². The average Bonchev–Trinajstić information content (AvgIpc) is 3.24. The molecule has 8 nitrogen and oxygen atoms in total. The van der Waals surface area contributed by atoms with Gasteiger partial charge in [0.2, 0.25) is 22.5 Å². The number of amides is 1. The average molecular weight is 450 g/mol. The second-order valence-electron chi connectivity index (χ2n) is 7.38. The molecule has 1 N–H and O–H groups in total. The number of ether oxygens (including phenoxy) is 2. The molecule has 2 heterocycles. The standard InChI is InChI=1S/C23H18N2O6S/c1-14(26)15-10-19-20(31-13-30-19)11-16(15)24-23(27)12-25-17-6-2-4-8-21(17)32(28,29)22-9-5-3-7-18(22)25/h2-11H,12-13H2,1H3,(H,24,27). The zero-order valence-corrected chi connectivity index (χ0v) is 17.8. The highest BCUT2D eigenvalue weighted by Gasteiger charge is 2.34. The van der Waals surface area contributed by atoms with Crippen LogP contribution in [0.15, 0.2) is 70.5 Å². The number of anilines is 3. The molecule has 0 saturated carbocycles. The number of hydrogen-bond acceptors (Lipinski definition) is 7. The van der Waals surface area contributed by atoms with Crippen molar-refractivity contribution in [3.63, 3.8) is 0 Å². The first-order valence-electron chi connectivity index (χ1n) is 9.81. The Kier molecular flexibility index (Phi) is 4.63. The summed E-state index contributed by atoms with van der Waals surface area (Å²) in [4.78, 5) is 27.1. The Morgan fingerprint density at radius 3 is 2.09 bits per heavy atom. The molecule has 0 fully saturated rings. The first-order valence-corrected chi connectivity index (χ1v) is 11.3. The van der Waals surface area contributed by atoms with E-state index in [9.17, 15) is 18.0 Å². The minimum absolute atomic E-state index is 0.0416. The predicted octanol–water partition coefficient (Wildman–Crippen LogP) is 3.54. The maximum absolute atomic E-state index is 13.1. The van der Waals surface area contributed by atoms with Crippen molar-refractivity contribution in [2.24, 2.45) is 0 Å². The SMILES string of the molecule is CC(=O)c1cc2c(cc1NC(=O)CN1c3ccccc3S(=O)(=O)c3ccccc31)OCO2. The minimum Gasteiger partial charge on any atom is -0.454 e. The summed E-state index contributed by atoms with van der Waals surface area (Å²) in [7, 11) is -3.70. The summed E-state index contributed by atoms with van der Waals surface area (Å²) in [5, 5.41) is 2.76. The lowest BCUT2D eigenvalue weighted by molar-refractivity contribution is -0.114. The lowest BCUT2D eigenvalue weighted by atomic mass is 10.1. The van der Waals surface area contributed by atoms with E-state index in [4.69, 9.17) is 9.47 Å². The molecule has 3 aromatic carbocycles. The molecule has 0 aliphatic carbocycles. The van der Waals surface area contributed by atoms with E-state index in [1.807, 2.05) is 0 Å². The fraction of sp³-hybridized carbons (Fsp3) is 0.130. The highest BCUT2D eigenvalue weighted by Crippen LogP contribution is 2.43. The zero-order valence-electron chi connectivity index (χ0n) is 17.0. The first kappa shape index (κ1) is 20.1. The summed E-state index contributed by atoms with van der Waals surface area (Å²) < 4.78 is 36.8. The van der Waals surface area contributed by atoms with Crippen LogP contribution in [0.4, 0.5) is 17.1 Å². The van der Waals surface area contributed by atoms with Gasteiger partial charge in [0.15, 0.2) is 17.3 Å². The number of nitrogens with one attached hydrogen (secondary N) is 1. The number of carbonyl (C=O) groups excluding carboxylic acids is 2. The molecule has 162 valence electrons. The number of sulfone groups is 1. The van der Waals surface area contributed by atoms with Gasteiger partial charge >= 0.3 is 0 Å². The number of nitrogens with zero attached hydrogens (tertiary/aromatic N) is 1. The van der Waals surface area contributed by atoms with Gasteiger partial charge in [-0.15, -0.1) is 0 Å². The minimum atomic E-state index is -3.70. The highest BCUT2D eigenvalue weighted by molar-refractivity contribution is 7.92. The van der Waals surface area contributed by atoms with E-state index in [2.05, 4.69) is 5.32 Å². The van der Waals surface area contributed by atoms with Crippen LogP contribution in [-0.2, 0) is 14.6 Å². The monoisotopic (exact) mass is 450 g/mol. The van der Waals surface area contributed by atoms with Crippen LogP contribution in [-0.4, -0.2) is 33.4 Å². The molecule has 32 heavy (non-hydrogen) atoms. The van der Waals surface area contributed by atoms with Crippen molar-refractivity contribution in [1.29, 1.82) is 0 Å². The number of ketones is 1. The molecule has 5 rings (SSSR count). The number of rotatable bonds is 4. The molecule has 0 aromatic heterocycles. The van der Waals surface area contributed by atoms with Gasteiger partial charge in [-0.3, -0.25) is 9.59 Å². The van der Waals surface area contributed by atoms with Crippen LogP contribution in [0, 0.1) is 0 Å². The van der Waals surface area contributed by atoms with Gasteiger partial charge in [0.05, 0.1) is 26.9 Å². The molecule has 3 aromatic rings. The van der Waals surface area contributed by atoms with Gasteiger partial charge in [-0.1, -0.05) is 24.3 Å². The summed E-state index contributed by atoms with van der Waals surface area (Å²) in [6, 6.07) is 16.2. The van der Waals surface area contributed by atoms with Gasteiger partial charge < -0.3 is 19.7 Å². The highest BCUT2D eigenvalue weighted by atomic mass is 32.2. The second kappa shape index (κ2) is 7.38. The van der Waals surface area contributed by atoms with Gasteiger partial charge in [-0.25, -0.2) is 8.42 Å². The van der Waals surface area contributed by atoms with E-state index in [1.54, 1.807) is 53.4 Å². The number of Topliss-reactive ketones (excluding diaryl/α,β-unsaturated/α-hetero) is 1. The molecule has 0 radical (unpaired) electrons. The Hall–Kier alpha value is -3.85. The summed E-state index contributed by atoms with van der Waals surface area (Å²) in [6.45, 7) is 1.28. The Morgan fingerprint density at radius 2 is 1.50 bits per heavy atom. The molecular weight excluding hydrogens is 432 g/mol. The van der Waals surface area contributed by atoms with Crippen LogP contribution in [0.2, 0.25) is 0 Å². The first-order chi connectivity index (χ1) is 15.4. The third-order valence-corrected chi connectivity index (χ3v) is 7.21. The van der Waals surface area contributed by atoms with E-state index in [0.717, 1.165) is 0 Å². The second-order valence-corrected chi connectivity index (χ2v) is 9.27. The summed E-state index contributed by atoms with van der Waals surface area (Å²) in [6.07, 6.45) is 0. The molecule has 0 bridgehead atoms. The fourth-order valence-electron chi connectivity index (χ4n) is 3.90. The van der Waals surface area contributed by atoms with Crippen LogP contribution >= 0.6 is 0 Å². The molecule has 1 amide bonds. The smallest absolute Gasteiger partial charge is 0.244 e. The number of carbonyl (C=O) groups is 2. The van der Waals surface area contributed by atoms with Gasteiger partial charge in [0, 0.05) is 11.6 Å². The maximum atomic E-state index is 13.1. The molecule has 2 aliphatic heterocycles. The molecule has 2 aliphatic rings. The lowest BCUT2D eigenvalue weighted by Gasteiger charge is -2.32. The van der Waals surface area contributed by atoms with Crippen molar-refractivity contribution < 1.29 is 27.5 Å². The molecular formula is C23H18N2O6S. The lowest BCUT2D eigenvalue weighted by Crippen LogP contribution is -2.34. The van der Waals surface area contributed by atoms with Crippen molar-refractivity contribution in [2.75, 3.05) is 23.6 Å². The van der Waals surface area contributed by atoms with Crippen LogP contribution in [0.25, 0.3) is 0 Å². The van der Waals surface area contributed by atoms with Gasteiger partial charge in [0.25, 0.3) is 0 Å². The van der Waals surface area contributed by atoms with Crippen molar-refractivity contribution in [2.45, 2.75) is 16.7 Å². The van der Waals surface area contributed by atoms with Gasteiger partial charge in [-0.2, -0.15) is 0 Å². The number of fused-ring (bicyclic) bond motifs is 3. The van der Waals surface area contributed by atoms with Gasteiger partial charge in [-0.05, 0) is 37.3 Å². The van der Waals surface area contributed by atoms with Crippen molar-refractivity contribution >= 4 is 38.6 Å². The van der Waals surface area contributed by atoms with Crippen molar-refractivity contribution in [3.05, 3.63) is 66.2 Å². The maximum Gasteiger partial charge on any atom is 0.244 e. The molecule has 0 saturated heterocycles. The van der Waals surface area contributed by atoms with Crippen LogP contribution in [0.1, 0.15) is 17.3 Å². The molecule has 0 spiro atoms. The molecule has 0 atom stereocenters. The summed E-state index contributed by atoms with van der Waals surface area (Å²) in [5.41, 5.74) is 1.43. The van der Waals surface area contributed by atoms with Crippen molar-refractivity contribution in [3.8, 4) is 11.5 Å². The normalized spacial score (nSPS) is 15.0. The third-order valence-electron chi connectivity index (χ3n) is 5.36. The number of hydrogen-bond donors (Lipinski definition) is 1. The van der Waals surface area contributed by atoms with E-state index >= 15 is 0 Å². The van der Waals surface area contributed by atoms with E-state index in [-0.39, 0.29) is 28.9 Å². The van der Waals surface area contributed by atoms with E-state index < -0.39 is 15.7 Å².